The summed E-state index contributed by atoms with van der Waals surface area (Å²) in [6.07, 6.45) is 3.75. The number of nitrogens with one attached hydrogen (secondary N) is 1. The van der Waals surface area contributed by atoms with Crippen molar-refractivity contribution in [1.29, 1.82) is 5.26 Å². The first-order valence-corrected chi connectivity index (χ1v) is 8.38. The average molecular weight is 343 g/mol. The van der Waals surface area contributed by atoms with Gasteiger partial charge in [-0.3, -0.25) is 4.79 Å². The van der Waals surface area contributed by atoms with Gasteiger partial charge in [0.25, 0.3) is 5.56 Å². The summed E-state index contributed by atoms with van der Waals surface area (Å²) in [6.45, 7) is 6.67. The molecule has 0 aliphatic carbocycles. The summed E-state index contributed by atoms with van der Waals surface area (Å²) in [4.78, 5) is 26.5. The number of thiazole rings is 1. The molecule has 24 heavy (non-hydrogen) atoms. The van der Waals surface area contributed by atoms with Crippen molar-refractivity contribution in [2.24, 2.45) is 0 Å². The highest BCUT2D eigenvalue weighted by molar-refractivity contribution is 7.16. The van der Waals surface area contributed by atoms with Crippen molar-refractivity contribution in [2.75, 3.05) is 31.2 Å². The molecular weight excluding hydrogens is 326 g/mol. The summed E-state index contributed by atoms with van der Waals surface area (Å²) >= 11 is 1.59. The van der Waals surface area contributed by atoms with Gasteiger partial charge in [0.05, 0.1) is 18.9 Å². The fraction of sp³-hybridized carbons (Fsp3) is 0.375. The second kappa shape index (κ2) is 6.95. The largest absolute Gasteiger partial charge is 0.378 e. The number of aromatic amines is 1. The van der Waals surface area contributed by atoms with E-state index < -0.39 is 5.56 Å². The van der Waals surface area contributed by atoms with E-state index in [2.05, 4.69) is 19.9 Å². The van der Waals surface area contributed by atoms with Gasteiger partial charge in [-0.15, -0.1) is 0 Å². The standard InChI is InChI=1S/C16H17N5O2S/c1-10(14-19-11(2)13(8-17)15(22)20-14)7-12-9-18-16(24-12)21-3-5-23-6-4-21/h7,9H,3-6H2,1-2H3,(H,19,20,22)/b10-7-. The van der Waals surface area contributed by atoms with Crippen molar-refractivity contribution >= 4 is 28.1 Å². The number of aryl methyl sites for hydroxylation is 1. The van der Waals surface area contributed by atoms with Crippen LogP contribution in [-0.4, -0.2) is 41.3 Å². The van der Waals surface area contributed by atoms with Gasteiger partial charge < -0.3 is 14.6 Å². The predicted molar refractivity (Wildman–Crippen MR) is 93.0 cm³/mol. The Balaban J connectivity index is 1.85. The van der Waals surface area contributed by atoms with E-state index in [4.69, 9.17) is 10.00 Å². The molecule has 0 atom stereocenters. The third-order valence-corrected chi connectivity index (χ3v) is 4.74. The first kappa shape index (κ1) is 16.4. The summed E-state index contributed by atoms with van der Waals surface area (Å²) in [5.41, 5.74) is 0.893. The zero-order chi connectivity index (χ0) is 17.1. The Labute approximate surface area is 143 Å². The van der Waals surface area contributed by atoms with Gasteiger partial charge >= 0.3 is 0 Å². The van der Waals surface area contributed by atoms with E-state index in [1.54, 1.807) is 18.3 Å². The van der Waals surface area contributed by atoms with Crippen LogP contribution in [0.2, 0.25) is 0 Å². The number of allylic oxidation sites excluding steroid dienone is 1. The summed E-state index contributed by atoms with van der Waals surface area (Å²) in [7, 11) is 0. The van der Waals surface area contributed by atoms with Gasteiger partial charge in [0.1, 0.15) is 17.5 Å². The van der Waals surface area contributed by atoms with Crippen molar-refractivity contribution in [3.63, 3.8) is 0 Å². The van der Waals surface area contributed by atoms with Crippen LogP contribution >= 0.6 is 11.3 Å². The van der Waals surface area contributed by atoms with Crippen molar-refractivity contribution in [2.45, 2.75) is 13.8 Å². The van der Waals surface area contributed by atoms with Gasteiger partial charge in [-0.25, -0.2) is 9.97 Å². The molecule has 0 saturated carbocycles. The van der Waals surface area contributed by atoms with E-state index in [0.29, 0.717) is 11.5 Å². The van der Waals surface area contributed by atoms with Crippen molar-refractivity contribution in [3.8, 4) is 6.07 Å². The maximum absolute atomic E-state index is 11.9. The SMILES string of the molecule is C/C(=C/c1cnc(N2CCOCC2)s1)c1nc(C)c(C#N)c(=O)[nH]1. The van der Waals surface area contributed by atoms with Crippen molar-refractivity contribution < 1.29 is 4.74 Å². The zero-order valence-corrected chi connectivity index (χ0v) is 14.3. The van der Waals surface area contributed by atoms with Crippen LogP contribution in [0.1, 0.15) is 28.9 Å². The minimum absolute atomic E-state index is 0.0546. The lowest BCUT2D eigenvalue weighted by Gasteiger charge is -2.25. The number of ether oxygens (including phenoxy) is 1. The highest BCUT2D eigenvalue weighted by Gasteiger charge is 2.14. The van der Waals surface area contributed by atoms with E-state index >= 15 is 0 Å². The zero-order valence-electron chi connectivity index (χ0n) is 13.5. The van der Waals surface area contributed by atoms with E-state index in [-0.39, 0.29) is 5.56 Å². The molecule has 124 valence electrons. The monoisotopic (exact) mass is 343 g/mol. The van der Waals surface area contributed by atoms with Gasteiger partial charge in [-0.05, 0) is 25.5 Å². The third kappa shape index (κ3) is 3.37. The average Bonchev–Trinajstić information content (AvgIpc) is 3.04. The first-order valence-electron chi connectivity index (χ1n) is 7.56. The van der Waals surface area contributed by atoms with Crippen LogP contribution in [0, 0.1) is 18.3 Å². The first-order chi connectivity index (χ1) is 11.6. The Morgan fingerprint density at radius 2 is 2.25 bits per heavy atom. The molecule has 8 heteroatoms. The molecule has 0 radical (unpaired) electrons. The number of nitriles is 1. The van der Waals surface area contributed by atoms with Crippen LogP contribution in [-0.2, 0) is 4.74 Å². The van der Waals surface area contributed by atoms with Crippen molar-refractivity contribution in [3.05, 3.63) is 38.5 Å². The summed E-state index contributed by atoms with van der Waals surface area (Å²) in [5, 5.41) is 9.91. The lowest BCUT2D eigenvalue weighted by atomic mass is 10.2. The number of aromatic nitrogens is 3. The minimum atomic E-state index is -0.411. The smallest absolute Gasteiger partial charge is 0.269 e. The van der Waals surface area contributed by atoms with Gasteiger partial charge in [-0.2, -0.15) is 5.26 Å². The predicted octanol–water partition coefficient (Wildman–Crippen LogP) is 1.80. The molecular formula is C16H17N5O2S. The van der Waals surface area contributed by atoms with Crippen LogP contribution in [0.5, 0.6) is 0 Å². The molecule has 0 bridgehead atoms. The van der Waals surface area contributed by atoms with Crippen LogP contribution in [0.4, 0.5) is 5.13 Å². The number of morpholine rings is 1. The molecule has 0 unspecified atom stereocenters. The number of hydrogen-bond donors (Lipinski definition) is 1. The maximum Gasteiger partial charge on any atom is 0.269 e. The molecule has 2 aromatic rings. The molecule has 3 rings (SSSR count). The van der Waals surface area contributed by atoms with E-state index in [1.165, 1.54) is 0 Å². The van der Waals surface area contributed by atoms with E-state index in [9.17, 15) is 4.79 Å². The molecule has 1 N–H and O–H groups in total. The Kier molecular flexibility index (Phi) is 4.74. The van der Waals surface area contributed by atoms with Crippen LogP contribution in [0.25, 0.3) is 11.6 Å². The number of hydrogen-bond acceptors (Lipinski definition) is 7. The Bertz CT molecular complexity index is 871. The topological polar surface area (TPSA) is 94.9 Å². The number of nitrogens with zero attached hydrogens (tertiary/aromatic N) is 4. The second-order valence-electron chi connectivity index (χ2n) is 5.46. The van der Waals surface area contributed by atoms with Crippen LogP contribution in [0.15, 0.2) is 11.0 Å². The van der Waals surface area contributed by atoms with E-state index in [0.717, 1.165) is 41.9 Å². The lowest BCUT2D eigenvalue weighted by molar-refractivity contribution is 0.122. The molecule has 1 aliphatic heterocycles. The third-order valence-electron chi connectivity index (χ3n) is 3.74. The normalized spacial score (nSPS) is 15.4. The van der Waals surface area contributed by atoms with Crippen LogP contribution in [0.3, 0.4) is 0 Å². The number of H-pyrrole nitrogens is 1. The Morgan fingerprint density at radius 1 is 1.50 bits per heavy atom. The molecule has 1 aliphatic rings. The van der Waals surface area contributed by atoms with Gasteiger partial charge in [0, 0.05) is 24.2 Å². The Morgan fingerprint density at radius 3 is 2.92 bits per heavy atom. The lowest BCUT2D eigenvalue weighted by Crippen LogP contribution is -2.36. The highest BCUT2D eigenvalue weighted by atomic mass is 32.1. The van der Waals surface area contributed by atoms with E-state index in [1.807, 2.05) is 25.3 Å². The van der Waals surface area contributed by atoms with Gasteiger partial charge in [-0.1, -0.05) is 11.3 Å². The van der Waals surface area contributed by atoms with Crippen LogP contribution < -0.4 is 10.5 Å². The molecule has 3 heterocycles. The summed E-state index contributed by atoms with van der Waals surface area (Å²) in [5.74, 6) is 0.470. The molecule has 0 spiro atoms. The Hall–Kier alpha value is -2.50. The minimum Gasteiger partial charge on any atom is -0.378 e. The maximum atomic E-state index is 11.9. The number of rotatable bonds is 3. The molecule has 1 fully saturated rings. The highest BCUT2D eigenvalue weighted by Crippen LogP contribution is 2.26. The fourth-order valence-electron chi connectivity index (χ4n) is 2.43. The van der Waals surface area contributed by atoms with Crippen molar-refractivity contribution in [1.82, 2.24) is 15.0 Å². The summed E-state index contributed by atoms with van der Waals surface area (Å²) in [6, 6.07) is 1.87. The molecule has 0 aromatic carbocycles. The molecule has 7 nitrogen and oxygen atoms in total. The van der Waals surface area contributed by atoms with Gasteiger partial charge in [0.15, 0.2) is 5.13 Å². The fourth-order valence-corrected chi connectivity index (χ4v) is 3.40. The number of anilines is 1. The molecule has 1 saturated heterocycles. The second-order valence-corrected chi connectivity index (χ2v) is 6.50. The van der Waals surface area contributed by atoms with Gasteiger partial charge in [0.2, 0.25) is 0 Å². The summed E-state index contributed by atoms with van der Waals surface area (Å²) < 4.78 is 5.35. The molecule has 2 aromatic heterocycles. The molecule has 0 amide bonds. The quantitative estimate of drug-likeness (QED) is 0.913.